The lowest BCUT2D eigenvalue weighted by Crippen LogP contribution is -2.46. The zero-order valence-electron chi connectivity index (χ0n) is 11.3. The predicted molar refractivity (Wildman–Crippen MR) is 65.1 cm³/mol. The van der Waals surface area contributed by atoms with Gasteiger partial charge in [-0.2, -0.15) is 0 Å². The number of hydrogen-bond donors (Lipinski definition) is 0. The number of esters is 2. The summed E-state index contributed by atoms with van der Waals surface area (Å²) in [6.07, 6.45) is 0.943. The van der Waals surface area contributed by atoms with Crippen molar-refractivity contribution in [1.29, 1.82) is 0 Å². The van der Waals surface area contributed by atoms with Gasteiger partial charge in [0.2, 0.25) is 0 Å². The van der Waals surface area contributed by atoms with Crippen LogP contribution in [0, 0.1) is 23.7 Å². The van der Waals surface area contributed by atoms with Crippen LogP contribution in [0.3, 0.4) is 0 Å². The highest BCUT2D eigenvalue weighted by Crippen LogP contribution is 2.57. The van der Waals surface area contributed by atoms with Gasteiger partial charge in [-0.3, -0.25) is 9.59 Å². The van der Waals surface area contributed by atoms with Crippen molar-refractivity contribution in [2.24, 2.45) is 23.7 Å². The molecule has 0 spiro atoms. The maximum atomic E-state index is 11.8. The summed E-state index contributed by atoms with van der Waals surface area (Å²) in [7, 11) is 0. The molecule has 3 fully saturated rings. The lowest BCUT2D eigenvalue weighted by atomic mass is 9.78. The molecule has 5 heteroatoms. The topological polar surface area (TPSA) is 61.8 Å². The molecule has 0 aromatic rings. The van der Waals surface area contributed by atoms with Gasteiger partial charge >= 0.3 is 11.9 Å². The highest BCUT2D eigenvalue weighted by Gasteiger charge is 2.65. The van der Waals surface area contributed by atoms with Gasteiger partial charge in [0, 0.05) is 30.8 Å². The molecule has 2 aliphatic carbocycles. The van der Waals surface area contributed by atoms with Gasteiger partial charge in [-0.1, -0.05) is 6.92 Å². The first kappa shape index (κ1) is 12.9. The molecule has 1 saturated heterocycles. The van der Waals surface area contributed by atoms with Crippen molar-refractivity contribution in [3.05, 3.63) is 0 Å². The van der Waals surface area contributed by atoms with Crippen LogP contribution >= 0.6 is 0 Å². The zero-order valence-corrected chi connectivity index (χ0v) is 11.3. The fourth-order valence-electron chi connectivity index (χ4n) is 4.07. The molecule has 6 atom stereocenters. The Hall–Kier alpha value is -1.10. The summed E-state index contributed by atoms with van der Waals surface area (Å²) in [5, 5.41) is 0. The number of carbonyl (C=O) groups excluding carboxylic acids is 2. The summed E-state index contributed by atoms with van der Waals surface area (Å²) in [5.74, 6) is 0.251. The molecule has 5 nitrogen and oxygen atoms in total. The predicted octanol–water partition coefficient (Wildman–Crippen LogP) is 1.15. The van der Waals surface area contributed by atoms with Crippen LogP contribution in [0.2, 0.25) is 0 Å². The SMILES string of the molecule is CCOC1C2CC(C3COC(=O)C32)C1OC(=O)CC. The van der Waals surface area contributed by atoms with Crippen molar-refractivity contribution in [1.82, 2.24) is 0 Å². The van der Waals surface area contributed by atoms with Gasteiger partial charge in [0.1, 0.15) is 6.10 Å². The molecule has 0 aromatic carbocycles. The molecule has 6 unspecified atom stereocenters. The minimum Gasteiger partial charge on any atom is -0.465 e. The van der Waals surface area contributed by atoms with Crippen molar-refractivity contribution < 1.29 is 23.8 Å². The van der Waals surface area contributed by atoms with E-state index in [2.05, 4.69) is 0 Å². The van der Waals surface area contributed by atoms with E-state index in [4.69, 9.17) is 14.2 Å². The van der Waals surface area contributed by atoms with Gasteiger partial charge < -0.3 is 14.2 Å². The van der Waals surface area contributed by atoms with Gasteiger partial charge in [-0.05, 0) is 13.3 Å². The van der Waals surface area contributed by atoms with E-state index >= 15 is 0 Å². The molecule has 0 amide bonds. The van der Waals surface area contributed by atoms with Crippen molar-refractivity contribution in [3.8, 4) is 0 Å². The number of rotatable bonds is 4. The summed E-state index contributed by atoms with van der Waals surface area (Å²) < 4.78 is 16.5. The van der Waals surface area contributed by atoms with Crippen molar-refractivity contribution in [2.75, 3.05) is 13.2 Å². The van der Waals surface area contributed by atoms with Gasteiger partial charge in [0.05, 0.1) is 18.6 Å². The minimum atomic E-state index is -0.201. The number of ether oxygens (including phenoxy) is 3. The molecule has 1 heterocycles. The Labute approximate surface area is 112 Å². The summed E-state index contributed by atoms with van der Waals surface area (Å²) >= 11 is 0. The Morgan fingerprint density at radius 2 is 2.05 bits per heavy atom. The Kier molecular flexibility index (Phi) is 3.25. The summed E-state index contributed by atoms with van der Waals surface area (Å²) in [5.41, 5.74) is 0. The molecule has 2 bridgehead atoms. The lowest BCUT2D eigenvalue weighted by molar-refractivity contribution is -0.166. The third kappa shape index (κ3) is 1.86. The molecular weight excluding hydrogens is 248 g/mol. The second-order valence-corrected chi connectivity index (χ2v) is 5.61. The summed E-state index contributed by atoms with van der Waals surface area (Å²) in [6.45, 7) is 4.76. The first-order valence-corrected chi connectivity index (χ1v) is 7.15. The van der Waals surface area contributed by atoms with Crippen LogP contribution in [0.4, 0.5) is 0 Å². The number of fused-ring (bicyclic) bond motifs is 5. The molecule has 3 aliphatic rings. The molecule has 3 rings (SSSR count). The van der Waals surface area contributed by atoms with Crippen LogP contribution in [0.15, 0.2) is 0 Å². The van der Waals surface area contributed by atoms with Crippen LogP contribution in [-0.2, 0) is 23.8 Å². The van der Waals surface area contributed by atoms with Crippen LogP contribution in [-0.4, -0.2) is 37.4 Å². The van der Waals surface area contributed by atoms with E-state index in [0.717, 1.165) is 6.42 Å². The van der Waals surface area contributed by atoms with E-state index in [1.54, 1.807) is 6.92 Å². The average Bonchev–Trinajstić information content (AvgIpc) is 3.04. The maximum absolute atomic E-state index is 11.8. The monoisotopic (exact) mass is 268 g/mol. The highest BCUT2D eigenvalue weighted by atomic mass is 16.6. The van der Waals surface area contributed by atoms with Crippen LogP contribution < -0.4 is 0 Å². The number of hydrogen-bond acceptors (Lipinski definition) is 5. The standard InChI is InChI=1S/C14H20O5/c1-3-10(15)19-13-7-5-8(12(13)17-4-2)11-9(7)6-18-14(11)16/h7-9,11-13H,3-6H2,1-2H3. The fourth-order valence-corrected chi connectivity index (χ4v) is 4.07. The van der Waals surface area contributed by atoms with Gasteiger partial charge in [-0.25, -0.2) is 0 Å². The molecular formula is C14H20O5. The first-order chi connectivity index (χ1) is 9.17. The Morgan fingerprint density at radius 1 is 1.26 bits per heavy atom. The average molecular weight is 268 g/mol. The second kappa shape index (κ2) is 4.78. The van der Waals surface area contributed by atoms with Crippen LogP contribution in [0.5, 0.6) is 0 Å². The molecule has 106 valence electrons. The quantitative estimate of drug-likeness (QED) is 0.716. The van der Waals surface area contributed by atoms with Crippen molar-refractivity contribution >= 4 is 11.9 Å². The van der Waals surface area contributed by atoms with Crippen LogP contribution in [0.1, 0.15) is 26.7 Å². The van der Waals surface area contributed by atoms with E-state index in [1.165, 1.54) is 0 Å². The van der Waals surface area contributed by atoms with Gasteiger partial charge in [0.25, 0.3) is 0 Å². The molecule has 1 aliphatic heterocycles. The molecule has 0 aromatic heterocycles. The Morgan fingerprint density at radius 3 is 2.74 bits per heavy atom. The third-order valence-corrected chi connectivity index (χ3v) is 4.79. The van der Waals surface area contributed by atoms with Crippen molar-refractivity contribution in [3.63, 3.8) is 0 Å². The second-order valence-electron chi connectivity index (χ2n) is 5.61. The lowest BCUT2D eigenvalue weighted by Gasteiger charge is -2.35. The largest absolute Gasteiger partial charge is 0.465 e. The number of cyclic esters (lactones) is 1. The van der Waals surface area contributed by atoms with Crippen molar-refractivity contribution in [2.45, 2.75) is 38.9 Å². The zero-order chi connectivity index (χ0) is 13.6. The van der Waals surface area contributed by atoms with Gasteiger partial charge in [0.15, 0.2) is 0 Å². The Bertz CT molecular complexity index is 393. The maximum Gasteiger partial charge on any atom is 0.309 e. The Balaban J connectivity index is 1.81. The highest BCUT2D eigenvalue weighted by molar-refractivity contribution is 5.76. The number of carbonyl (C=O) groups is 2. The smallest absolute Gasteiger partial charge is 0.309 e. The minimum absolute atomic E-state index is 0.0434. The molecule has 2 saturated carbocycles. The van der Waals surface area contributed by atoms with E-state index < -0.39 is 0 Å². The molecule has 19 heavy (non-hydrogen) atoms. The van der Waals surface area contributed by atoms with Crippen LogP contribution in [0.25, 0.3) is 0 Å². The molecule has 0 N–H and O–H groups in total. The van der Waals surface area contributed by atoms with Gasteiger partial charge in [-0.15, -0.1) is 0 Å². The first-order valence-electron chi connectivity index (χ1n) is 7.15. The summed E-state index contributed by atoms with van der Waals surface area (Å²) in [6, 6.07) is 0. The summed E-state index contributed by atoms with van der Waals surface area (Å²) in [4.78, 5) is 23.4. The van der Waals surface area contributed by atoms with E-state index in [0.29, 0.717) is 19.6 Å². The fraction of sp³-hybridized carbons (Fsp3) is 0.857. The third-order valence-electron chi connectivity index (χ3n) is 4.79. The van der Waals surface area contributed by atoms with E-state index in [-0.39, 0.29) is 47.8 Å². The molecule has 0 radical (unpaired) electrons. The van der Waals surface area contributed by atoms with E-state index in [1.807, 2.05) is 6.92 Å². The van der Waals surface area contributed by atoms with E-state index in [9.17, 15) is 9.59 Å². The normalized spacial score (nSPS) is 43.2.